The third-order valence-corrected chi connectivity index (χ3v) is 1.84. The zero-order valence-corrected chi connectivity index (χ0v) is 8.77. The Labute approximate surface area is 98.8 Å². The third-order valence-electron chi connectivity index (χ3n) is 1.84. The summed E-state index contributed by atoms with van der Waals surface area (Å²) in [6.07, 6.45) is -1.33. The van der Waals surface area contributed by atoms with Crippen LogP contribution < -0.4 is 4.74 Å². The normalized spacial score (nSPS) is 13.6. The highest BCUT2D eigenvalue weighted by Crippen LogP contribution is 2.17. The van der Waals surface area contributed by atoms with Gasteiger partial charge in [-0.2, -0.15) is 0 Å². The molecule has 1 rings (SSSR count). The predicted molar refractivity (Wildman–Crippen MR) is 49.4 cm³/mol. The molecule has 0 radical (unpaired) electrons. The first-order valence-electron chi connectivity index (χ1n) is 4.49. The number of ether oxygens (including phenoxy) is 1. The number of carbonyl (C=O) groups is 3. The van der Waals surface area contributed by atoms with Crippen molar-refractivity contribution in [2.24, 2.45) is 0 Å². The van der Waals surface area contributed by atoms with Crippen LogP contribution in [-0.4, -0.2) is 49.2 Å². The van der Waals surface area contributed by atoms with Crippen molar-refractivity contribution in [1.29, 1.82) is 0 Å². The number of rotatable bonds is 6. The average molecular weight is 260 g/mol. The largest absolute Gasteiger partial charge is 0.481 e. The second-order valence-electron chi connectivity index (χ2n) is 3.30. The number of nitrogens with zero attached hydrogens (tertiary/aromatic N) is 2. The van der Waals surface area contributed by atoms with E-state index >= 15 is 0 Å². The minimum atomic E-state index is -2.75. The van der Waals surface area contributed by atoms with E-state index in [4.69, 9.17) is 10.2 Å². The maximum atomic E-state index is 11.3. The molecule has 0 amide bonds. The molecular formula is C8H8N2O8. The SMILES string of the molecule is O=C(O)CC(O)(CC(=O)Oc1conn1)C(=O)O. The highest BCUT2D eigenvalue weighted by molar-refractivity contribution is 5.88. The van der Waals surface area contributed by atoms with Crippen LogP contribution in [0.1, 0.15) is 12.8 Å². The Morgan fingerprint density at radius 2 is 2.00 bits per heavy atom. The first-order valence-corrected chi connectivity index (χ1v) is 4.49. The molecule has 0 spiro atoms. The number of carboxylic acid groups (broad SMARTS) is 2. The van der Waals surface area contributed by atoms with E-state index in [0.29, 0.717) is 0 Å². The molecule has 0 aliphatic carbocycles. The van der Waals surface area contributed by atoms with E-state index in [1.54, 1.807) is 0 Å². The van der Waals surface area contributed by atoms with Gasteiger partial charge in [-0.25, -0.2) is 4.79 Å². The fourth-order valence-corrected chi connectivity index (χ4v) is 1.06. The Hall–Kier alpha value is -2.49. The van der Waals surface area contributed by atoms with Gasteiger partial charge in [0.2, 0.25) is 0 Å². The number of aliphatic carboxylic acids is 2. The van der Waals surface area contributed by atoms with Gasteiger partial charge in [-0.1, -0.05) is 5.10 Å². The van der Waals surface area contributed by atoms with Gasteiger partial charge in [0.15, 0.2) is 11.9 Å². The van der Waals surface area contributed by atoms with Crippen LogP contribution in [0.15, 0.2) is 10.8 Å². The van der Waals surface area contributed by atoms with Crippen molar-refractivity contribution in [1.82, 2.24) is 10.4 Å². The molecule has 0 saturated carbocycles. The number of esters is 1. The molecule has 0 aromatic carbocycles. The molecule has 0 fully saturated rings. The minimum absolute atomic E-state index is 0.330. The van der Waals surface area contributed by atoms with Crippen molar-refractivity contribution in [2.45, 2.75) is 18.4 Å². The van der Waals surface area contributed by atoms with Crippen LogP contribution in [0.4, 0.5) is 0 Å². The average Bonchev–Trinajstić information content (AvgIpc) is 2.68. The first kappa shape index (κ1) is 13.6. The Morgan fingerprint density at radius 1 is 1.33 bits per heavy atom. The monoisotopic (exact) mass is 260 g/mol. The summed E-state index contributed by atoms with van der Waals surface area (Å²) >= 11 is 0. The summed E-state index contributed by atoms with van der Waals surface area (Å²) in [5, 5.41) is 32.8. The summed E-state index contributed by atoms with van der Waals surface area (Å²) in [5.41, 5.74) is -2.75. The fraction of sp³-hybridized carbons (Fsp3) is 0.375. The van der Waals surface area contributed by atoms with Crippen molar-refractivity contribution >= 4 is 17.9 Å². The maximum Gasteiger partial charge on any atom is 0.336 e. The Kier molecular flexibility index (Phi) is 3.94. The molecule has 0 saturated heterocycles. The molecule has 0 bridgehead atoms. The molecule has 10 nitrogen and oxygen atoms in total. The molecule has 0 aliphatic rings. The van der Waals surface area contributed by atoms with Crippen LogP contribution in [0.2, 0.25) is 0 Å². The zero-order valence-electron chi connectivity index (χ0n) is 8.77. The number of hydrogen-bond donors (Lipinski definition) is 3. The molecule has 1 atom stereocenters. The Morgan fingerprint density at radius 3 is 2.44 bits per heavy atom. The van der Waals surface area contributed by atoms with E-state index in [2.05, 4.69) is 19.6 Å². The summed E-state index contributed by atoms with van der Waals surface area (Å²) in [4.78, 5) is 32.4. The Bertz CT molecular complexity index is 456. The standard InChI is InChI=1S/C8H8N2O8/c11-5(12)1-8(16,7(14)15)2-6(13)18-4-3-17-10-9-4/h3,16H,1-2H2,(H,11,12)(H,14,15). The molecule has 1 heterocycles. The summed E-state index contributed by atoms with van der Waals surface area (Å²) in [7, 11) is 0. The number of hydrogen-bond acceptors (Lipinski definition) is 8. The predicted octanol–water partition coefficient (Wildman–Crippen LogP) is -1.34. The van der Waals surface area contributed by atoms with Gasteiger partial charge in [-0.15, -0.1) is 0 Å². The number of aliphatic hydroxyl groups is 1. The lowest BCUT2D eigenvalue weighted by molar-refractivity contribution is -0.169. The second-order valence-corrected chi connectivity index (χ2v) is 3.30. The zero-order chi connectivity index (χ0) is 13.8. The maximum absolute atomic E-state index is 11.3. The van der Waals surface area contributed by atoms with Gasteiger partial charge >= 0.3 is 17.9 Å². The molecule has 1 aromatic heterocycles. The Balaban J connectivity index is 2.69. The van der Waals surface area contributed by atoms with Crippen LogP contribution >= 0.6 is 0 Å². The highest BCUT2D eigenvalue weighted by Gasteiger charge is 2.41. The molecular weight excluding hydrogens is 252 g/mol. The summed E-state index contributed by atoms with van der Waals surface area (Å²) in [5.74, 6) is -4.93. The van der Waals surface area contributed by atoms with Gasteiger partial charge in [0, 0.05) is 5.27 Å². The lowest BCUT2D eigenvalue weighted by Crippen LogP contribution is -2.43. The number of aromatic nitrogens is 2. The van der Waals surface area contributed by atoms with E-state index in [0.717, 1.165) is 6.26 Å². The summed E-state index contributed by atoms with van der Waals surface area (Å²) in [6, 6.07) is 0. The van der Waals surface area contributed by atoms with Gasteiger partial charge in [0.25, 0.3) is 5.88 Å². The van der Waals surface area contributed by atoms with Gasteiger partial charge in [-0.3, -0.25) is 9.59 Å². The van der Waals surface area contributed by atoms with Crippen molar-refractivity contribution in [3.63, 3.8) is 0 Å². The molecule has 1 aromatic rings. The van der Waals surface area contributed by atoms with Crippen molar-refractivity contribution in [2.75, 3.05) is 0 Å². The topological polar surface area (TPSA) is 160 Å². The van der Waals surface area contributed by atoms with E-state index in [1.807, 2.05) is 0 Å². The van der Waals surface area contributed by atoms with E-state index in [-0.39, 0.29) is 5.88 Å². The lowest BCUT2D eigenvalue weighted by Gasteiger charge is -2.19. The van der Waals surface area contributed by atoms with Crippen LogP contribution in [-0.2, 0) is 14.4 Å². The molecule has 1 unspecified atom stereocenters. The van der Waals surface area contributed by atoms with E-state index < -0.39 is 36.4 Å². The first-order chi connectivity index (χ1) is 8.33. The van der Waals surface area contributed by atoms with Gasteiger partial charge in [0.05, 0.1) is 12.8 Å². The smallest absolute Gasteiger partial charge is 0.336 e. The van der Waals surface area contributed by atoms with Crippen molar-refractivity contribution in [3.05, 3.63) is 6.26 Å². The van der Waals surface area contributed by atoms with Crippen molar-refractivity contribution in [3.8, 4) is 5.88 Å². The molecule has 10 heteroatoms. The van der Waals surface area contributed by atoms with Crippen LogP contribution in [0.3, 0.4) is 0 Å². The van der Waals surface area contributed by atoms with Crippen LogP contribution in [0.25, 0.3) is 0 Å². The number of carbonyl (C=O) groups excluding carboxylic acids is 1. The van der Waals surface area contributed by atoms with Gasteiger partial charge in [0.1, 0.15) is 0 Å². The van der Waals surface area contributed by atoms with E-state index in [1.165, 1.54) is 0 Å². The van der Waals surface area contributed by atoms with Gasteiger partial charge < -0.3 is 24.6 Å². The molecule has 98 valence electrons. The summed E-state index contributed by atoms with van der Waals surface area (Å²) < 4.78 is 8.71. The molecule has 0 aliphatic heterocycles. The fourth-order valence-electron chi connectivity index (χ4n) is 1.06. The minimum Gasteiger partial charge on any atom is -0.481 e. The third kappa shape index (κ3) is 3.52. The van der Waals surface area contributed by atoms with Crippen LogP contribution in [0, 0.1) is 0 Å². The molecule has 3 N–H and O–H groups in total. The lowest BCUT2D eigenvalue weighted by atomic mass is 9.96. The highest BCUT2D eigenvalue weighted by atomic mass is 16.6. The second kappa shape index (κ2) is 5.23. The van der Waals surface area contributed by atoms with E-state index in [9.17, 15) is 19.5 Å². The van der Waals surface area contributed by atoms with Crippen molar-refractivity contribution < 1.29 is 39.0 Å². The van der Waals surface area contributed by atoms with Crippen LogP contribution in [0.5, 0.6) is 5.88 Å². The number of carboxylic acids is 2. The molecule has 18 heavy (non-hydrogen) atoms. The summed E-state index contributed by atoms with van der Waals surface area (Å²) in [6.45, 7) is 0. The van der Waals surface area contributed by atoms with Gasteiger partial charge in [-0.05, 0) is 0 Å². The quantitative estimate of drug-likeness (QED) is 0.521.